The lowest BCUT2D eigenvalue weighted by atomic mass is 10.2. The first-order valence-corrected chi connectivity index (χ1v) is 5.80. The van der Waals surface area contributed by atoms with Gasteiger partial charge in [0.05, 0.1) is 0 Å². The normalized spacial score (nSPS) is 10.4. The zero-order valence-electron chi connectivity index (χ0n) is 9.07. The van der Waals surface area contributed by atoms with Gasteiger partial charge in [-0.3, -0.25) is 0 Å². The van der Waals surface area contributed by atoms with Crippen LogP contribution >= 0.6 is 11.8 Å². The van der Waals surface area contributed by atoms with Gasteiger partial charge >= 0.3 is 5.97 Å². The first kappa shape index (κ1) is 11.6. The van der Waals surface area contributed by atoms with Gasteiger partial charge < -0.3 is 9.67 Å². The molecule has 17 heavy (non-hydrogen) atoms. The highest BCUT2D eigenvalue weighted by Gasteiger charge is 2.06. The maximum Gasteiger partial charge on any atom is 0.354 e. The molecule has 7 heteroatoms. The summed E-state index contributed by atoms with van der Waals surface area (Å²) in [6.45, 7) is 0. The van der Waals surface area contributed by atoms with E-state index >= 15 is 0 Å². The predicted molar refractivity (Wildman–Crippen MR) is 61.8 cm³/mol. The number of nitrogens with zero attached hydrogens (tertiary/aromatic N) is 4. The van der Waals surface area contributed by atoms with Crippen molar-refractivity contribution in [1.82, 2.24) is 19.7 Å². The molecule has 0 spiro atoms. The van der Waals surface area contributed by atoms with Crippen molar-refractivity contribution < 1.29 is 9.90 Å². The van der Waals surface area contributed by atoms with E-state index in [1.807, 2.05) is 11.6 Å². The quantitative estimate of drug-likeness (QED) is 0.821. The van der Waals surface area contributed by atoms with Crippen molar-refractivity contribution >= 4 is 17.7 Å². The number of aryl methyl sites for hydroxylation is 1. The van der Waals surface area contributed by atoms with Crippen molar-refractivity contribution in [2.45, 2.75) is 10.9 Å². The molecule has 0 amide bonds. The fraction of sp³-hybridized carbons (Fsp3) is 0.200. The molecule has 88 valence electrons. The highest BCUT2D eigenvalue weighted by molar-refractivity contribution is 7.98. The largest absolute Gasteiger partial charge is 0.477 e. The zero-order chi connectivity index (χ0) is 12.3. The summed E-state index contributed by atoms with van der Waals surface area (Å²) in [6.07, 6.45) is 3.12. The van der Waals surface area contributed by atoms with Crippen LogP contribution in [0.2, 0.25) is 0 Å². The summed E-state index contributed by atoms with van der Waals surface area (Å²) in [6, 6.07) is 3.35. The topological polar surface area (TPSA) is 80.9 Å². The fourth-order valence-electron chi connectivity index (χ4n) is 1.23. The average molecular weight is 250 g/mol. The smallest absolute Gasteiger partial charge is 0.354 e. The molecule has 2 rings (SSSR count). The SMILES string of the molecule is Cn1cnnc1SCc1ccnc(C(=O)O)c1. The highest BCUT2D eigenvalue weighted by atomic mass is 32.2. The van der Waals surface area contributed by atoms with E-state index in [0.29, 0.717) is 5.75 Å². The lowest BCUT2D eigenvalue weighted by molar-refractivity contribution is 0.0690. The van der Waals surface area contributed by atoms with Crippen LogP contribution in [0, 0.1) is 0 Å². The minimum Gasteiger partial charge on any atom is -0.477 e. The number of hydrogen-bond acceptors (Lipinski definition) is 5. The van der Waals surface area contributed by atoms with E-state index in [0.717, 1.165) is 10.7 Å². The minimum absolute atomic E-state index is 0.0565. The Labute approximate surface area is 102 Å². The number of rotatable bonds is 4. The van der Waals surface area contributed by atoms with Crippen molar-refractivity contribution in [2.24, 2.45) is 7.05 Å². The number of aromatic nitrogens is 4. The van der Waals surface area contributed by atoms with Gasteiger partial charge in [-0.1, -0.05) is 11.8 Å². The first-order chi connectivity index (χ1) is 8.16. The van der Waals surface area contributed by atoms with Gasteiger partial charge in [-0.25, -0.2) is 9.78 Å². The number of aromatic carboxylic acids is 1. The maximum absolute atomic E-state index is 10.7. The summed E-state index contributed by atoms with van der Waals surface area (Å²) in [5.74, 6) is -0.384. The molecule has 2 aromatic heterocycles. The molecular weight excluding hydrogens is 240 g/mol. The van der Waals surface area contributed by atoms with Crippen LogP contribution in [-0.2, 0) is 12.8 Å². The molecule has 0 saturated carbocycles. The Hall–Kier alpha value is -1.89. The molecule has 0 fully saturated rings. The molecule has 0 radical (unpaired) electrons. The second-order valence-electron chi connectivity index (χ2n) is 3.37. The molecule has 1 N–H and O–H groups in total. The summed E-state index contributed by atoms with van der Waals surface area (Å²) in [5.41, 5.74) is 0.950. The van der Waals surface area contributed by atoms with E-state index in [9.17, 15) is 4.79 Å². The van der Waals surface area contributed by atoms with Gasteiger partial charge in [0, 0.05) is 19.0 Å². The van der Waals surface area contributed by atoms with Gasteiger partial charge in [0.15, 0.2) is 5.16 Å². The summed E-state index contributed by atoms with van der Waals surface area (Å²) in [7, 11) is 1.86. The summed E-state index contributed by atoms with van der Waals surface area (Å²) >= 11 is 1.50. The molecule has 0 aliphatic heterocycles. The van der Waals surface area contributed by atoms with E-state index in [1.54, 1.807) is 18.5 Å². The molecular formula is C10H10N4O2S. The lowest BCUT2D eigenvalue weighted by Gasteiger charge is -2.01. The Bertz CT molecular complexity index is 541. The van der Waals surface area contributed by atoms with E-state index in [1.165, 1.54) is 18.0 Å². The third kappa shape index (κ3) is 2.82. The van der Waals surface area contributed by atoms with Gasteiger partial charge in [-0.2, -0.15) is 0 Å². The zero-order valence-corrected chi connectivity index (χ0v) is 9.89. The molecule has 0 aliphatic carbocycles. The van der Waals surface area contributed by atoms with Crippen LogP contribution in [-0.4, -0.2) is 30.8 Å². The Morgan fingerprint density at radius 1 is 1.59 bits per heavy atom. The van der Waals surface area contributed by atoms with Crippen LogP contribution in [0.25, 0.3) is 0 Å². The fourth-order valence-corrected chi connectivity index (χ4v) is 2.06. The highest BCUT2D eigenvalue weighted by Crippen LogP contribution is 2.19. The number of carboxylic acid groups (broad SMARTS) is 1. The monoisotopic (exact) mass is 250 g/mol. The molecule has 0 unspecified atom stereocenters. The molecule has 0 atom stereocenters. The Balaban J connectivity index is 2.07. The molecule has 0 saturated heterocycles. The molecule has 6 nitrogen and oxygen atoms in total. The van der Waals surface area contributed by atoms with Gasteiger partial charge in [-0.15, -0.1) is 10.2 Å². The standard InChI is InChI=1S/C10H10N4O2S/c1-14-6-12-13-10(14)17-5-7-2-3-11-8(4-7)9(15)16/h2-4,6H,5H2,1H3,(H,15,16). The Morgan fingerprint density at radius 3 is 3.06 bits per heavy atom. The van der Waals surface area contributed by atoms with E-state index in [4.69, 9.17) is 5.11 Å². The Morgan fingerprint density at radius 2 is 2.41 bits per heavy atom. The summed E-state index contributed by atoms with van der Waals surface area (Å²) in [5, 5.41) is 17.3. The molecule has 0 aliphatic rings. The minimum atomic E-state index is -1.02. The molecule has 0 bridgehead atoms. The maximum atomic E-state index is 10.7. The van der Waals surface area contributed by atoms with Gasteiger partial charge in [0.2, 0.25) is 0 Å². The number of hydrogen-bond donors (Lipinski definition) is 1. The number of thioether (sulfide) groups is 1. The van der Waals surface area contributed by atoms with Gasteiger partial charge in [-0.05, 0) is 17.7 Å². The molecule has 2 heterocycles. The number of carbonyl (C=O) groups is 1. The first-order valence-electron chi connectivity index (χ1n) is 4.82. The van der Waals surface area contributed by atoms with Crippen LogP contribution in [0.1, 0.15) is 16.1 Å². The average Bonchev–Trinajstić information content (AvgIpc) is 2.72. The van der Waals surface area contributed by atoms with Crippen molar-refractivity contribution in [3.8, 4) is 0 Å². The van der Waals surface area contributed by atoms with Crippen molar-refractivity contribution in [2.75, 3.05) is 0 Å². The third-order valence-electron chi connectivity index (χ3n) is 2.08. The van der Waals surface area contributed by atoms with Crippen molar-refractivity contribution in [3.05, 3.63) is 35.9 Å². The van der Waals surface area contributed by atoms with Gasteiger partial charge in [0.25, 0.3) is 0 Å². The van der Waals surface area contributed by atoms with Crippen LogP contribution < -0.4 is 0 Å². The van der Waals surface area contributed by atoms with Crippen molar-refractivity contribution in [1.29, 1.82) is 0 Å². The van der Waals surface area contributed by atoms with Gasteiger partial charge in [0.1, 0.15) is 12.0 Å². The van der Waals surface area contributed by atoms with Crippen LogP contribution in [0.5, 0.6) is 0 Å². The van der Waals surface area contributed by atoms with E-state index < -0.39 is 5.97 Å². The van der Waals surface area contributed by atoms with E-state index in [2.05, 4.69) is 15.2 Å². The van der Waals surface area contributed by atoms with Crippen LogP contribution in [0.15, 0.2) is 29.8 Å². The lowest BCUT2D eigenvalue weighted by Crippen LogP contribution is -2.00. The number of carboxylic acids is 1. The summed E-state index contributed by atoms with van der Waals surface area (Å²) < 4.78 is 1.81. The number of pyridine rings is 1. The van der Waals surface area contributed by atoms with Crippen LogP contribution in [0.3, 0.4) is 0 Å². The van der Waals surface area contributed by atoms with Crippen LogP contribution in [0.4, 0.5) is 0 Å². The second kappa shape index (κ2) is 4.96. The predicted octanol–water partition coefficient (Wildman–Crippen LogP) is 1.20. The Kier molecular flexibility index (Phi) is 3.38. The second-order valence-corrected chi connectivity index (χ2v) is 4.31. The molecule has 2 aromatic rings. The van der Waals surface area contributed by atoms with E-state index in [-0.39, 0.29) is 5.69 Å². The third-order valence-corrected chi connectivity index (χ3v) is 3.19. The summed E-state index contributed by atoms with van der Waals surface area (Å²) in [4.78, 5) is 14.5. The molecule has 0 aromatic carbocycles. The van der Waals surface area contributed by atoms with Crippen molar-refractivity contribution in [3.63, 3.8) is 0 Å².